The fraction of sp³-hybridized carbons (Fsp3) is 0.364. The Kier molecular flexibility index (Phi) is 2.87. The number of nitrogens with one attached hydrogen (secondary N) is 1. The first-order valence-electron chi connectivity index (χ1n) is 4.96. The van der Waals surface area contributed by atoms with E-state index in [9.17, 15) is 4.79 Å². The van der Waals surface area contributed by atoms with E-state index < -0.39 is 0 Å². The summed E-state index contributed by atoms with van der Waals surface area (Å²) in [7, 11) is 1.64. The quantitative estimate of drug-likeness (QED) is 0.800. The highest BCUT2D eigenvalue weighted by Crippen LogP contribution is 2.13. The lowest BCUT2D eigenvalue weighted by Gasteiger charge is -2.15. The summed E-state index contributed by atoms with van der Waals surface area (Å²) < 4.78 is 5.06. The molecule has 1 heterocycles. The van der Waals surface area contributed by atoms with Crippen LogP contribution in [0.1, 0.15) is 12.0 Å². The van der Waals surface area contributed by atoms with Gasteiger partial charge in [-0.3, -0.25) is 9.80 Å². The van der Waals surface area contributed by atoms with Crippen molar-refractivity contribution in [1.82, 2.24) is 10.4 Å². The Bertz CT molecular complexity index is 348. The minimum atomic E-state index is 0.158. The standard InChI is InChI=1S/C11H14N2O2/c1-15-10-4-2-9(3-5-10)8-13-11(14)6-7-12-13/h2-5,12H,6-8H2,1H3. The Morgan fingerprint density at radius 2 is 2.13 bits per heavy atom. The minimum Gasteiger partial charge on any atom is -0.497 e. The molecular weight excluding hydrogens is 192 g/mol. The van der Waals surface area contributed by atoms with Gasteiger partial charge in [-0.15, -0.1) is 0 Å². The number of benzene rings is 1. The van der Waals surface area contributed by atoms with Crippen LogP contribution >= 0.6 is 0 Å². The Labute approximate surface area is 88.8 Å². The average Bonchev–Trinajstić information content (AvgIpc) is 2.66. The van der Waals surface area contributed by atoms with E-state index in [0.717, 1.165) is 17.9 Å². The number of ether oxygens (including phenoxy) is 1. The van der Waals surface area contributed by atoms with Gasteiger partial charge in [-0.1, -0.05) is 12.1 Å². The third-order valence-electron chi connectivity index (χ3n) is 2.44. The number of carbonyl (C=O) groups is 1. The lowest BCUT2D eigenvalue weighted by molar-refractivity contribution is -0.130. The maximum atomic E-state index is 11.3. The molecule has 15 heavy (non-hydrogen) atoms. The Hall–Kier alpha value is -1.55. The number of hydrogen-bond acceptors (Lipinski definition) is 3. The van der Waals surface area contributed by atoms with E-state index in [-0.39, 0.29) is 5.91 Å². The molecule has 0 aromatic heterocycles. The number of methoxy groups -OCH3 is 1. The summed E-state index contributed by atoms with van der Waals surface area (Å²) in [5.41, 5.74) is 4.13. The van der Waals surface area contributed by atoms with E-state index in [1.54, 1.807) is 12.1 Å². The van der Waals surface area contributed by atoms with Crippen molar-refractivity contribution in [2.45, 2.75) is 13.0 Å². The van der Waals surface area contributed by atoms with E-state index in [4.69, 9.17) is 4.74 Å². The first-order chi connectivity index (χ1) is 7.29. The van der Waals surface area contributed by atoms with Gasteiger partial charge in [-0.2, -0.15) is 0 Å². The highest BCUT2D eigenvalue weighted by molar-refractivity contribution is 5.77. The van der Waals surface area contributed by atoms with E-state index in [2.05, 4.69) is 5.43 Å². The Morgan fingerprint density at radius 1 is 1.40 bits per heavy atom. The zero-order chi connectivity index (χ0) is 10.7. The van der Waals surface area contributed by atoms with Crippen LogP contribution in [-0.4, -0.2) is 24.6 Å². The van der Waals surface area contributed by atoms with Gasteiger partial charge in [0.1, 0.15) is 5.75 Å². The monoisotopic (exact) mass is 206 g/mol. The number of carbonyl (C=O) groups excluding carboxylic acids is 1. The summed E-state index contributed by atoms with van der Waals surface area (Å²) in [6.45, 7) is 1.36. The van der Waals surface area contributed by atoms with Crippen LogP contribution in [0.2, 0.25) is 0 Å². The highest BCUT2D eigenvalue weighted by atomic mass is 16.5. The normalized spacial score (nSPS) is 15.8. The molecule has 4 heteroatoms. The molecule has 0 spiro atoms. The van der Waals surface area contributed by atoms with Crippen LogP contribution in [0.3, 0.4) is 0 Å². The molecule has 0 atom stereocenters. The second-order valence-corrected chi connectivity index (χ2v) is 3.49. The molecule has 0 bridgehead atoms. The molecule has 2 rings (SSSR count). The molecule has 0 aliphatic carbocycles. The van der Waals surface area contributed by atoms with Gasteiger partial charge in [-0.05, 0) is 17.7 Å². The smallest absolute Gasteiger partial charge is 0.238 e. The second-order valence-electron chi connectivity index (χ2n) is 3.49. The molecule has 1 aromatic rings. The van der Waals surface area contributed by atoms with Gasteiger partial charge >= 0.3 is 0 Å². The van der Waals surface area contributed by atoms with Gasteiger partial charge < -0.3 is 4.74 Å². The lowest BCUT2D eigenvalue weighted by atomic mass is 10.2. The molecule has 1 fully saturated rings. The van der Waals surface area contributed by atoms with Crippen LogP contribution in [0.4, 0.5) is 0 Å². The maximum Gasteiger partial charge on any atom is 0.238 e. The number of rotatable bonds is 3. The van der Waals surface area contributed by atoms with Crippen molar-refractivity contribution in [2.75, 3.05) is 13.7 Å². The third-order valence-corrected chi connectivity index (χ3v) is 2.44. The van der Waals surface area contributed by atoms with Gasteiger partial charge in [-0.25, -0.2) is 5.43 Å². The minimum absolute atomic E-state index is 0.158. The SMILES string of the molecule is COc1ccc(CN2NCCC2=O)cc1. The van der Waals surface area contributed by atoms with Gasteiger partial charge in [0.15, 0.2) is 0 Å². The summed E-state index contributed by atoms with van der Waals surface area (Å²) in [4.78, 5) is 11.3. The van der Waals surface area contributed by atoms with Crippen molar-refractivity contribution in [1.29, 1.82) is 0 Å². The van der Waals surface area contributed by atoms with E-state index in [0.29, 0.717) is 13.0 Å². The molecule has 0 radical (unpaired) electrons. The van der Waals surface area contributed by atoms with Crippen LogP contribution in [0.25, 0.3) is 0 Å². The molecule has 80 valence electrons. The lowest BCUT2D eigenvalue weighted by Crippen LogP contribution is -2.33. The number of hydrogen-bond donors (Lipinski definition) is 1. The molecule has 0 unspecified atom stereocenters. The van der Waals surface area contributed by atoms with Gasteiger partial charge in [0.25, 0.3) is 0 Å². The van der Waals surface area contributed by atoms with Gasteiger partial charge in [0.2, 0.25) is 5.91 Å². The van der Waals surface area contributed by atoms with Crippen molar-refractivity contribution < 1.29 is 9.53 Å². The first kappa shape index (κ1) is 9.98. The average molecular weight is 206 g/mol. The first-order valence-corrected chi connectivity index (χ1v) is 4.96. The summed E-state index contributed by atoms with van der Waals surface area (Å²) in [6.07, 6.45) is 0.593. The fourth-order valence-corrected chi connectivity index (χ4v) is 1.58. The molecule has 1 aliphatic rings. The topological polar surface area (TPSA) is 41.6 Å². The van der Waals surface area contributed by atoms with Crippen molar-refractivity contribution in [3.8, 4) is 5.75 Å². The van der Waals surface area contributed by atoms with Crippen LogP contribution in [-0.2, 0) is 11.3 Å². The van der Waals surface area contributed by atoms with Crippen molar-refractivity contribution in [3.63, 3.8) is 0 Å². The van der Waals surface area contributed by atoms with Crippen LogP contribution in [0.15, 0.2) is 24.3 Å². The summed E-state index contributed by atoms with van der Waals surface area (Å²) >= 11 is 0. The molecular formula is C11H14N2O2. The second kappa shape index (κ2) is 4.31. The molecule has 1 N–H and O–H groups in total. The summed E-state index contributed by atoms with van der Waals surface area (Å²) in [5, 5.41) is 1.65. The van der Waals surface area contributed by atoms with Crippen molar-refractivity contribution in [3.05, 3.63) is 29.8 Å². The largest absolute Gasteiger partial charge is 0.497 e. The van der Waals surface area contributed by atoms with Gasteiger partial charge in [0, 0.05) is 13.0 Å². The Balaban J connectivity index is 2.01. The molecule has 1 aromatic carbocycles. The molecule has 4 nitrogen and oxygen atoms in total. The Morgan fingerprint density at radius 3 is 2.67 bits per heavy atom. The summed E-state index contributed by atoms with van der Waals surface area (Å²) in [5.74, 6) is 0.991. The fourth-order valence-electron chi connectivity index (χ4n) is 1.58. The van der Waals surface area contributed by atoms with Gasteiger partial charge in [0.05, 0.1) is 13.7 Å². The number of hydrazine groups is 1. The number of nitrogens with zero attached hydrogens (tertiary/aromatic N) is 1. The van der Waals surface area contributed by atoms with Crippen LogP contribution in [0, 0.1) is 0 Å². The zero-order valence-electron chi connectivity index (χ0n) is 8.69. The van der Waals surface area contributed by atoms with E-state index in [1.807, 2.05) is 24.3 Å². The molecule has 1 amide bonds. The predicted molar refractivity (Wildman–Crippen MR) is 56.2 cm³/mol. The van der Waals surface area contributed by atoms with Crippen molar-refractivity contribution in [2.24, 2.45) is 0 Å². The van der Waals surface area contributed by atoms with Crippen LogP contribution in [0.5, 0.6) is 5.75 Å². The zero-order valence-corrected chi connectivity index (χ0v) is 8.69. The molecule has 1 aliphatic heterocycles. The highest BCUT2D eigenvalue weighted by Gasteiger charge is 2.19. The van der Waals surface area contributed by atoms with E-state index >= 15 is 0 Å². The molecule has 1 saturated heterocycles. The number of amides is 1. The maximum absolute atomic E-state index is 11.3. The summed E-state index contributed by atoms with van der Waals surface area (Å²) in [6, 6.07) is 7.73. The van der Waals surface area contributed by atoms with E-state index in [1.165, 1.54) is 0 Å². The predicted octanol–water partition coefficient (Wildman–Crippen LogP) is 0.932. The van der Waals surface area contributed by atoms with Crippen molar-refractivity contribution >= 4 is 5.91 Å². The van der Waals surface area contributed by atoms with Crippen LogP contribution < -0.4 is 10.2 Å². The molecule has 0 saturated carbocycles. The third kappa shape index (κ3) is 2.27.